The first-order valence-corrected chi connectivity index (χ1v) is 11.7. The van der Waals surface area contributed by atoms with Crippen molar-refractivity contribution in [1.29, 1.82) is 10.5 Å². The van der Waals surface area contributed by atoms with E-state index in [2.05, 4.69) is 36.3 Å². The molecule has 0 atom stereocenters. The van der Waals surface area contributed by atoms with Crippen LogP contribution in [0.1, 0.15) is 36.5 Å². The summed E-state index contributed by atoms with van der Waals surface area (Å²) in [6.07, 6.45) is 0. The third kappa shape index (κ3) is 5.65. The van der Waals surface area contributed by atoms with Crippen LogP contribution in [0, 0.1) is 22.7 Å². The van der Waals surface area contributed by atoms with Crippen molar-refractivity contribution < 1.29 is 14.3 Å². The number of benzene rings is 2. The maximum Gasteiger partial charge on any atom is 0.234 e. The van der Waals surface area contributed by atoms with E-state index in [-0.39, 0.29) is 33.6 Å². The van der Waals surface area contributed by atoms with Gasteiger partial charge in [0.25, 0.3) is 0 Å². The van der Waals surface area contributed by atoms with Crippen LogP contribution in [0.5, 0.6) is 11.5 Å². The molecule has 0 aliphatic carbocycles. The molecule has 1 heterocycles. The second-order valence-electron chi connectivity index (χ2n) is 7.83. The van der Waals surface area contributed by atoms with Crippen molar-refractivity contribution in [3.63, 3.8) is 0 Å². The van der Waals surface area contributed by atoms with E-state index < -0.39 is 0 Å². The second kappa shape index (κ2) is 11.3. The Labute approximate surface area is 208 Å². The number of anilines is 2. The first-order valence-electron chi connectivity index (χ1n) is 10.7. The number of hydrogen-bond acceptors (Lipinski definition) is 8. The van der Waals surface area contributed by atoms with Crippen molar-refractivity contribution in [3.05, 3.63) is 59.2 Å². The van der Waals surface area contributed by atoms with Crippen LogP contribution in [-0.4, -0.2) is 30.9 Å². The summed E-state index contributed by atoms with van der Waals surface area (Å²) in [6.45, 7) is 4.17. The van der Waals surface area contributed by atoms with Gasteiger partial charge in [0.2, 0.25) is 5.91 Å². The topological polar surface area (TPSA) is 134 Å². The average molecular weight is 488 g/mol. The molecular formula is C26H25N5O3S. The predicted octanol–water partition coefficient (Wildman–Crippen LogP) is 4.95. The number of thioether (sulfide) groups is 1. The number of carbonyl (C=O) groups excluding carboxylic acids is 1. The van der Waals surface area contributed by atoms with E-state index in [0.29, 0.717) is 34.2 Å². The molecule has 1 amide bonds. The number of hydrogen-bond donors (Lipinski definition) is 2. The second-order valence-corrected chi connectivity index (χ2v) is 8.80. The summed E-state index contributed by atoms with van der Waals surface area (Å²) in [5, 5.41) is 22.7. The van der Waals surface area contributed by atoms with E-state index in [1.54, 1.807) is 18.2 Å². The van der Waals surface area contributed by atoms with E-state index >= 15 is 0 Å². The van der Waals surface area contributed by atoms with E-state index in [1.165, 1.54) is 14.2 Å². The molecule has 3 N–H and O–H groups in total. The molecule has 0 aliphatic heterocycles. The predicted molar refractivity (Wildman–Crippen MR) is 137 cm³/mol. The Morgan fingerprint density at radius 3 is 2.29 bits per heavy atom. The molecule has 0 saturated heterocycles. The summed E-state index contributed by atoms with van der Waals surface area (Å²) in [6, 6.07) is 16.9. The lowest BCUT2D eigenvalue weighted by atomic mass is 9.94. The number of aromatic nitrogens is 1. The fourth-order valence-electron chi connectivity index (χ4n) is 3.47. The highest BCUT2D eigenvalue weighted by Gasteiger charge is 2.21. The fraction of sp³-hybridized carbons (Fsp3) is 0.231. The molecule has 3 rings (SSSR count). The molecular weight excluding hydrogens is 462 g/mol. The SMILES string of the molecule is COc1ccc(NC(=O)CSc2nc(N)c(C#N)c(-c3ccc(C(C)C)cc3)c2C#N)cc1OC. The van der Waals surface area contributed by atoms with Crippen LogP contribution in [0.2, 0.25) is 0 Å². The van der Waals surface area contributed by atoms with Crippen molar-refractivity contribution in [1.82, 2.24) is 4.98 Å². The summed E-state index contributed by atoms with van der Waals surface area (Å²) in [4.78, 5) is 16.9. The minimum absolute atomic E-state index is 0.0113. The minimum Gasteiger partial charge on any atom is -0.493 e. The Balaban J connectivity index is 1.88. The number of nitrogens with two attached hydrogens (primary N) is 1. The summed E-state index contributed by atoms with van der Waals surface area (Å²) in [7, 11) is 3.04. The molecule has 0 aliphatic rings. The molecule has 3 aromatic rings. The molecule has 8 nitrogen and oxygen atoms in total. The number of nitrogen functional groups attached to an aromatic ring is 1. The van der Waals surface area contributed by atoms with Gasteiger partial charge in [0, 0.05) is 17.3 Å². The number of nitriles is 2. The molecule has 0 saturated carbocycles. The van der Waals surface area contributed by atoms with Crippen LogP contribution in [0.25, 0.3) is 11.1 Å². The van der Waals surface area contributed by atoms with Gasteiger partial charge in [-0.05, 0) is 29.2 Å². The van der Waals surface area contributed by atoms with Crippen LogP contribution in [-0.2, 0) is 4.79 Å². The third-order valence-corrected chi connectivity index (χ3v) is 6.26. The van der Waals surface area contributed by atoms with Gasteiger partial charge in [0.1, 0.15) is 28.5 Å². The third-order valence-electron chi connectivity index (χ3n) is 5.29. The Kier molecular flexibility index (Phi) is 8.19. The van der Waals surface area contributed by atoms with Gasteiger partial charge in [-0.1, -0.05) is 49.9 Å². The Bertz CT molecular complexity index is 1320. The summed E-state index contributed by atoms with van der Waals surface area (Å²) in [5.41, 5.74) is 9.19. The van der Waals surface area contributed by atoms with Crippen LogP contribution in [0.15, 0.2) is 47.5 Å². The van der Waals surface area contributed by atoms with Gasteiger partial charge in [0.15, 0.2) is 11.5 Å². The average Bonchev–Trinajstić information content (AvgIpc) is 2.86. The Hall–Kier alpha value is -4.21. The maximum atomic E-state index is 12.6. The number of ether oxygens (including phenoxy) is 2. The van der Waals surface area contributed by atoms with Gasteiger partial charge in [-0.25, -0.2) is 4.98 Å². The molecule has 2 aromatic carbocycles. The van der Waals surface area contributed by atoms with Gasteiger partial charge in [-0.3, -0.25) is 4.79 Å². The van der Waals surface area contributed by atoms with Crippen molar-refractivity contribution in [3.8, 4) is 34.8 Å². The van der Waals surface area contributed by atoms with E-state index in [4.69, 9.17) is 15.2 Å². The number of methoxy groups -OCH3 is 2. The van der Waals surface area contributed by atoms with E-state index in [9.17, 15) is 15.3 Å². The van der Waals surface area contributed by atoms with Crippen molar-refractivity contribution in [2.24, 2.45) is 0 Å². The lowest BCUT2D eigenvalue weighted by Crippen LogP contribution is -2.14. The van der Waals surface area contributed by atoms with Crippen LogP contribution in [0.4, 0.5) is 11.5 Å². The summed E-state index contributed by atoms with van der Waals surface area (Å²) < 4.78 is 10.5. The Morgan fingerprint density at radius 1 is 1.06 bits per heavy atom. The number of pyridine rings is 1. The first-order chi connectivity index (χ1) is 16.8. The zero-order valence-corrected chi connectivity index (χ0v) is 20.7. The minimum atomic E-state index is -0.307. The highest BCUT2D eigenvalue weighted by atomic mass is 32.2. The molecule has 0 unspecified atom stereocenters. The van der Waals surface area contributed by atoms with Gasteiger partial charge in [0.05, 0.1) is 25.5 Å². The first kappa shape index (κ1) is 25.4. The zero-order valence-electron chi connectivity index (χ0n) is 19.9. The lowest BCUT2D eigenvalue weighted by Gasteiger charge is -2.14. The smallest absolute Gasteiger partial charge is 0.234 e. The van der Waals surface area contributed by atoms with Crippen molar-refractivity contribution in [2.75, 3.05) is 31.0 Å². The number of rotatable bonds is 8. The quantitative estimate of drug-likeness (QED) is 0.426. The van der Waals surface area contributed by atoms with Gasteiger partial charge >= 0.3 is 0 Å². The van der Waals surface area contributed by atoms with E-state index in [1.807, 2.05) is 24.3 Å². The summed E-state index contributed by atoms with van der Waals surface area (Å²) >= 11 is 1.08. The largest absolute Gasteiger partial charge is 0.493 e. The lowest BCUT2D eigenvalue weighted by molar-refractivity contribution is -0.113. The number of nitrogens with zero attached hydrogens (tertiary/aromatic N) is 3. The number of carbonyl (C=O) groups is 1. The Morgan fingerprint density at radius 2 is 1.71 bits per heavy atom. The fourth-order valence-corrected chi connectivity index (χ4v) is 4.27. The van der Waals surface area contributed by atoms with Gasteiger partial charge < -0.3 is 20.5 Å². The van der Waals surface area contributed by atoms with Crippen molar-refractivity contribution >= 4 is 29.2 Å². The highest BCUT2D eigenvalue weighted by molar-refractivity contribution is 8.00. The molecule has 1 aromatic heterocycles. The summed E-state index contributed by atoms with van der Waals surface area (Å²) in [5.74, 6) is 1.06. The van der Waals surface area contributed by atoms with Gasteiger partial charge in [-0.2, -0.15) is 10.5 Å². The number of nitrogens with one attached hydrogen (secondary N) is 1. The molecule has 9 heteroatoms. The molecule has 0 bridgehead atoms. The monoisotopic (exact) mass is 487 g/mol. The zero-order chi connectivity index (χ0) is 25.5. The van der Waals surface area contributed by atoms with E-state index in [0.717, 1.165) is 17.3 Å². The molecule has 178 valence electrons. The molecule has 0 spiro atoms. The van der Waals surface area contributed by atoms with Crippen LogP contribution >= 0.6 is 11.8 Å². The van der Waals surface area contributed by atoms with Crippen LogP contribution in [0.3, 0.4) is 0 Å². The van der Waals surface area contributed by atoms with Crippen LogP contribution < -0.4 is 20.5 Å². The number of amides is 1. The maximum absolute atomic E-state index is 12.6. The molecule has 35 heavy (non-hydrogen) atoms. The molecule has 0 fully saturated rings. The van der Waals surface area contributed by atoms with Gasteiger partial charge in [-0.15, -0.1) is 0 Å². The highest BCUT2D eigenvalue weighted by Crippen LogP contribution is 2.36. The molecule has 0 radical (unpaired) electrons. The normalized spacial score (nSPS) is 10.4. The van der Waals surface area contributed by atoms with Crippen molar-refractivity contribution in [2.45, 2.75) is 24.8 Å². The standard InChI is InChI=1S/C26H25N5O3S/c1-15(2)16-5-7-17(8-6-16)24-19(12-27)25(29)31-26(20(24)13-28)35-14-23(32)30-18-9-10-21(33-3)22(11-18)34-4/h5-11,15H,14H2,1-4H3,(H2,29,31)(H,30,32).